The molecule has 0 aliphatic rings. The molecule has 1 amide bonds. The second kappa shape index (κ2) is 9.86. The predicted octanol–water partition coefficient (Wildman–Crippen LogP) is 5.34. The van der Waals surface area contributed by atoms with Crippen molar-refractivity contribution in [3.63, 3.8) is 0 Å². The SMILES string of the molecule is CCc1nc2ccccn2c1C(=O)NCc1ccc(NCc2ccc(OC(F)(F)F)cc2)cc1. The van der Waals surface area contributed by atoms with Gasteiger partial charge in [-0.1, -0.05) is 37.3 Å². The van der Waals surface area contributed by atoms with Crippen molar-refractivity contribution in [2.75, 3.05) is 5.32 Å². The third kappa shape index (κ3) is 5.67. The zero-order valence-electron chi connectivity index (χ0n) is 18.4. The molecule has 0 spiro atoms. The van der Waals surface area contributed by atoms with Gasteiger partial charge < -0.3 is 15.4 Å². The molecule has 2 aromatic carbocycles. The van der Waals surface area contributed by atoms with Crippen LogP contribution in [0.4, 0.5) is 18.9 Å². The second-order valence-electron chi connectivity index (χ2n) is 7.61. The zero-order chi connectivity index (χ0) is 24.1. The summed E-state index contributed by atoms with van der Waals surface area (Å²) in [4.78, 5) is 17.4. The van der Waals surface area contributed by atoms with Gasteiger partial charge in [-0.3, -0.25) is 9.20 Å². The Hall–Kier alpha value is -4.01. The molecule has 0 fully saturated rings. The van der Waals surface area contributed by atoms with E-state index < -0.39 is 6.36 Å². The van der Waals surface area contributed by atoms with Crippen molar-refractivity contribution < 1.29 is 22.7 Å². The third-order valence-electron chi connectivity index (χ3n) is 5.21. The molecular formula is C25H23F3N4O2. The maximum absolute atomic E-state index is 12.8. The first-order chi connectivity index (χ1) is 16.3. The van der Waals surface area contributed by atoms with Crippen molar-refractivity contribution in [3.05, 3.63) is 95.4 Å². The molecule has 0 saturated heterocycles. The Morgan fingerprint density at radius 2 is 1.65 bits per heavy atom. The highest BCUT2D eigenvalue weighted by molar-refractivity contribution is 5.94. The third-order valence-corrected chi connectivity index (χ3v) is 5.21. The monoisotopic (exact) mass is 468 g/mol. The lowest BCUT2D eigenvalue weighted by Gasteiger charge is -2.11. The molecule has 9 heteroatoms. The van der Waals surface area contributed by atoms with Crippen LogP contribution in [0.2, 0.25) is 0 Å². The van der Waals surface area contributed by atoms with Gasteiger partial charge in [0.1, 0.15) is 17.1 Å². The van der Waals surface area contributed by atoms with E-state index in [-0.39, 0.29) is 11.7 Å². The topological polar surface area (TPSA) is 67.7 Å². The first-order valence-corrected chi connectivity index (χ1v) is 10.7. The summed E-state index contributed by atoms with van der Waals surface area (Å²) in [5, 5.41) is 6.17. The van der Waals surface area contributed by atoms with E-state index in [1.54, 1.807) is 16.5 Å². The summed E-state index contributed by atoms with van der Waals surface area (Å²) in [6.45, 7) is 2.77. The number of carbonyl (C=O) groups is 1. The highest BCUT2D eigenvalue weighted by Gasteiger charge is 2.30. The number of nitrogens with zero attached hydrogens (tertiary/aromatic N) is 2. The molecule has 2 N–H and O–H groups in total. The van der Waals surface area contributed by atoms with Crippen LogP contribution in [0.1, 0.15) is 34.2 Å². The van der Waals surface area contributed by atoms with Gasteiger partial charge in [-0.05, 0) is 53.9 Å². The summed E-state index contributed by atoms with van der Waals surface area (Å²) in [6.07, 6.45) is -2.22. The van der Waals surface area contributed by atoms with Gasteiger partial charge in [-0.2, -0.15) is 0 Å². The van der Waals surface area contributed by atoms with E-state index in [1.165, 1.54) is 12.1 Å². The van der Waals surface area contributed by atoms with Crippen molar-refractivity contribution in [3.8, 4) is 5.75 Å². The molecule has 0 aliphatic carbocycles. The van der Waals surface area contributed by atoms with Gasteiger partial charge in [-0.15, -0.1) is 13.2 Å². The Labute approximate surface area is 194 Å². The Bertz CT molecular complexity index is 1270. The van der Waals surface area contributed by atoms with E-state index in [0.717, 1.165) is 28.2 Å². The smallest absolute Gasteiger partial charge is 0.406 e. The number of nitrogens with one attached hydrogen (secondary N) is 2. The fraction of sp³-hybridized carbons (Fsp3) is 0.200. The maximum atomic E-state index is 12.8. The van der Waals surface area contributed by atoms with Crippen LogP contribution in [-0.2, 0) is 19.5 Å². The number of imidazole rings is 1. The Morgan fingerprint density at radius 1 is 0.971 bits per heavy atom. The van der Waals surface area contributed by atoms with E-state index in [0.29, 0.717) is 25.2 Å². The van der Waals surface area contributed by atoms with Crippen LogP contribution in [0.3, 0.4) is 0 Å². The highest BCUT2D eigenvalue weighted by Crippen LogP contribution is 2.23. The molecule has 0 radical (unpaired) electrons. The average molecular weight is 468 g/mol. The molecule has 0 bridgehead atoms. The van der Waals surface area contributed by atoms with Gasteiger partial charge in [0, 0.05) is 25.0 Å². The predicted molar refractivity (Wildman–Crippen MR) is 123 cm³/mol. The van der Waals surface area contributed by atoms with E-state index >= 15 is 0 Å². The number of halogens is 3. The summed E-state index contributed by atoms with van der Waals surface area (Å²) in [7, 11) is 0. The quantitative estimate of drug-likeness (QED) is 0.367. The van der Waals surface area contributed by atoms with Gasteiger partial charge >= 0.3 is 6.36 Å². The molecular weight excluding hydrogens is 445 g/mol. The minimum Gasteiger partial charge on any atom is -0.406 e. The molecule has 0 unspecified atom stereocenters. The van der Waals surface area contributed by atoms with Gasteiger partial charge in [-0.25, -0.2) is 4.98 Å². The number of amides is 1. The van der Waals surface area contributed by atoms with Crippen molar-refractivity contribution >= 4 is 17.2 Å². The van der Waals surface area contributed by atoms with E-state index in [4.69, 9.17) is 0 Å². The summed E-state index contributed by atoms with van der Waals surface area (Å²) in [5.41, 5.74) is 4.62. The van der Waals surface area contributed by atoms with Crippen LogP contribution in [0.15, 0.2) is 72.9 Å². The van der Waals surface area contributed by atoms with Gasteiger partial charge in [0.15, 0.2) is 0 Å². The van der Waals surface area contributed by atoms with Crippen molar-refractivity contribution in [2.24, 2.45) is 0 Å². The van der Waals surface area contributed by atoms with Crippen LogP contribution in [0.25, 0.3) is 5.65 Å². The number of fused-ring (bicyclic) bond motifs is 1. The summed E-state index contributed by atoms with van der Waals surface area (Å²) in [6, 6.07) is 18.9. The average Bonchev–Trinajstić information content (AvgIpc) is 3.21. The molecule has 0 atom stereocenters. The molecule has 34 heavy (non-hydrogen) atoms. The number of aryl methyl sites for hydroxylation is 1. The number of hydrogen-bond acceptors (Lipinski definition) is 4. The number of ether oxygens (including phenoxy) is 1. The largest absolute Gasteiger partial charge is 0.573 e. The Balaban J connectivity index is 1.32. The lowest BCUT2D eigenvalue weighted by molar-refractivity contribution is -0.274. The van der Waals surface area contributed by atoms with Gasteiger partial charge in [0.25, 0.3) is 5.91 Å². The number of aromatic nitrogens is 2. The van der Waals surface area contributed by atoms with Crippen LogP contribution in [0.5, 0.6) is 5.75 Å². The molecule has 6 nitrogen and oxygen atoms in total. The van der Waals surface area contributed by atoms with E-state index in [1.807, 2.05) is 55.6 Å². The molecule has 176 valence electrons. The molecule has 4 aromatic rings. The zero-order valence-corrected chi connectivity index (χ0v) is 18.4. The number of alkyl halides is 3. The van der Waals surface area contributed by atoms with Crippen LogP contribution >= 0.6 is 0 Å². The summed E-state index contributed by atoms with van der Waals surface area (Å²) >= 11 is 0. The number of carbonyl (C=O) groups excluding carboxylic acids is 1. The normalized spacial score (nSPS) is 11.4. The first kappa shape index (κ1) is 23.2. The number of benzene rings is 2. The molecule has 2 aromatic heterocycles. The van der Waals surface area contributed by atoms with E-state index in [2.05, 4.69) is 20.4 Å². The van der Waals surface area contributed by atoms with Crippen LogP contribution < -0.4 is 15.4 Å². The number of rotatable bonds is 8. The minimum atomic E-state index is -4.70. The summed E-state index contributed by atoms with van der Waals surface area (Å²) < 4.78 is 42.4. The summed E-state index contributed by atoms with van der Waals surface area (Å²) in [5.74, 6) is -0.437. The number of anilines is 1. The van der Waals surface area contributed by atoms with Gasteiger partial charge in [0.05, 0.1) is 5.69 Å². The Kier molecular flexibility index (Phi) is 6.72. The first-order valence-electron chi connectivity index (χ1n) is 10.7. The lowest BCUT2D eigenvalue weighted by atomic mass is 10.1. The minimum absolute atomic E-state index is 0.185. The Morgan fingerprint density at radius 3 is 2.32 bits per heavy atom. The molecule has 0 saturated carbocycles. The lowest BCUT2D eigenvalue weighted by Crippen LogP contribution is -2.25. The highest BCUT2D eigenvalue weighted by atomic mass is 19.4. The maximum Gasteiger partial charge on any atom is 0.573 e. The fourth-order valence-electron chi connectivity index (χ4n) is 3.55. The second-order valence-corrected chi connectivity index (χ2v) is 7.61. The molecule has 2 heterocycles. The van der Waals surface area contributed by atoms with Crippen LogP contribution in [-0.4, -0.2) is 21.7 Å². The van der Waals surface area contributed by atoms with Crippen molar-refractivity contribution in [1.82, 2.24) is 14.7 Å². The fourth-order valence-corrected chi connectivity index (χ4v) is 3.55. The standard InChI is InChI=1S/C25H23F3N4O2/c1-2-21-23(32-14-4-3-5-22(32)31-21)24(33)30-16-17-6-10-19(11-7-17)29-15-18-8-12-20(13-9-18)34-25(26,27)28/h3-14,29H,2,15-16H2,1H3,(H,30,33). The van der Waals surface area contributed by atoms with Crippen molar-refractivity contribution in [2.45, 2.75) is 32.8 Å². The van der Waals surface area contributed by atoms with Crippen molar-refractivity contribution in [1.29, 1.82) is 0 Å². The number of hydrogen-bond donors (Lipinski definition) is 2. The van der Waals surface area contributed by atoms with Crippen LogP contribution in [0, 0.1) is 0 Å². The van der Waals surface area contributed by atoms with E-state index in [9.17, 15) is 18.0 Å². The molecule has 0 aliphatic heterocycles. The molecule has 4 rings (SSSR count). The van der Waals surface area contributed by atoms with Gasteiger partial charge in [0.2, 0.25) is 0 Å². The number of pyridine rings is 1.